The van der Waals surface area contributed by atoms with Crippen LogP contribution in [0.25, 0.3) is 0 Å². The molecule has 0 fully saturated rings. The third-order valence-corrected chi connectivity index (χ3v) is 2.53. The summed E-state index contributed by atoms with van der Waals surface area (Å²) in [5.74, 6) is 0.267. The minimum absolute atomic E-state index is 0.183. The summed E-state index contributed by atoms with van der Waals surface area (Å²) in [7, 11) is 0. The van der Waals surface area contributed by atoms with Crippen LogP contribution in [0.4, 0.5) is 4.39 Å². The van der Waals surface area contributed by atoms with Crippen LogP contribution in [0.3, 0.4) is 0 Å². The van der Waals surface area contributed by atoms with Gasteiger partial charge in [0.2, 0.25) is 0 Å². The largest absolute Gasteiger partial charge is 0.491 e. The summed E-state index contributed by atoms with van der Waals surface area (Å²) in [6.07, 6.45) is 0. The molecular weight excluding hydrogens is 257 g/mol. The SMILES string of the molecule is CC(C)NCc1cc(F)cc(OCCOC(C)(C)C)c1. The zero-order chi connectivity index (χ0) is 15.2. The van der Waals surface area contributed by atoms with Gasteiger partial charge in [0, 0.05) is 18.7 Å². The average Bonchev–Trinajstić information content (AvgIpc) is 2.30. The molecule has 0 aliphatic rings. The lowest BCUT2D eigenvalue weighted by molar-refractivity contribution is -0.0163. The monoisotopic (exact) mass is 283 g/mol. The molecule has 3 nitrogen and oxygen atoms in total. The van der Waals surface area contributed by atoms with Crippen molar-refractivity contribution in [2.75, 3.05) is 13.2 Å². The summed E-state index contributed by atoms with van der Waals surface area (Å²) in [4.78, 5) is 0. The minimum atomic E-state index is -0.278. The highest BCUT2D eigenvalue weighted by atomic mass is 19.1. The van der Waals surface area contributed by atoms with Crippen LogP contribution in [0.15, 0.2) is 18.2 Å². The van der Waals surface area contributed by atoms with E-state index < -0.39 is 0 Å². The highest BCUT2D eigenvalue weighted by Crippen LogP contribution is 2.17. The molecular formula is C16H26FNO2. The lowest BCUT2D eigenvalue weighted by atomic mass is 10.2. The van der Waals surface area contributed by atoms with Crippen molar-refractivity contribution in [1.29, 1.82) is 0 Å². The number of benzene rings is 1. The summed E-state index contributed by atoms with van der Waals surface area (Å²) >= 11 is 0. The van der Waals surface area contributed by atoms with Crippen molar-refractivity contribution in [3.63, 3.8) is 0 Å². The van der Waals surface area contributed by atoms with Crippen molar-refractivity contribution in [3.05, 3.63) is 29.6 Å². The smallest absolute Gasteiger partial charge is 0.127 e. The van der Waals surface area contributed by atoms with E-state index in [1.807, 2.05) is 26.8 Å². The maximum absolute atomic E-state index is 13.5. The van der Waals surface area contributed by atoms with Crippen molar-refractivity contribution in [2.24, 2.45) is 0 Å². The zero-order valence-corrected chi connectivity index (χ0v) is 13.1. The Morgan fingerprint density at radius 3 is 2.45 bits per heavy atom. The van der Waals surface area contributed by atoms with E-state index in [0.717, 1.165) is 5.56 Å². The predicted octanol–water partition coefficient (Wildman–Crippen LogP) is 3.52. The summed E-state index contributed by atoms with van der Waals surface area (Å²) in [6, 6.07) is 5.14. The highest BCUT2D eigenvalue weighted by Gasteiger charge is 2.09. The molecule has 1 aromatic rings. The van der Waals surface area contributed by atoms with Crippen LogP contribution in [-0.2, 0) is 11.3 Å². The van der Waals surface area contributed by atoms with Crippen molar-refractivity contribution >= 4 is 0 Å². The third-order valence-electron chi connectivity index (χ3n) is 2.53. The van der Waals surface area contributed by atoms with Gasteiger partial charge in [-0.1, -0.05) is 13.8 Å². The first-order chi connectivity index (χ1) is 9.26. The summed E-state index contributed by atoms with van der Waals surface area (Å²) in [5, 5.41) is 3.26. The molecule has 0 bridgehead atoms. The van der Waals surface area contributed by atoms with E-state index in [0.29, 0.717) is 31.5 Å². The second kappa shape index (κ2) is 7.60. The first-order valence-electron chi connectivity index (χ1n) is 7.06. The minimum Gasteiger partial charge on any atom is -0.491 e. The van der Waals surface area contributed by atoms with Gasteiger partial charge in [-0.2, -0.15) is 0 Å². The molecule has 1 N–H and O–H groups in total. The molecule has 0 saturated heterocycles. The summed E-state index contributed by atoms with van der Waals surface area (Å²) in [6.45, 7) is 11.6. The molecule has 0 amide bonds. The van der Waals surface area contributed by atoms with E-state index in [-0.39, 0.29) is 11.4 Å². The fraction of sp³-hybridized carbons (Fsp3) is 0.625. The molecule has 0 atom stereocenters. The normalized spacial score (nSPS) is 11.9. The van der Waals surface area contributed by atoms with Crippen LogP contribution in [0.2, 0.25) is 0 Å². The molecule has 114 valence electrons. The lowest BCUT2D eigenvalue weighted by Crippen LogP contribution is -2.23. The second-order valence-electron chi connectivity index (χ2n) is 6.14. The number of rotatable bonds is 7. The Morgan fingerprint density at radius 2 is 1.85 bits per heavy atom. The molecule has 1 rings (SSSR count). The number of ether oxygens (including phenoxy) is 2. The van der Waals surface area contributed by atoms with Gasteiger partial charge in [-0.15, -0.1) is 0 Å². The second-order valence-corrected chi connectivity index (χ2v) is 6.14. The van der Waals surface area contributed by atoms with Gasteiger partial charge < -0.3 is 14.8 Å². The Hall–Kier alpha value is -1.13. The van der Waals surface area contributed by atoms with Gasteiger partial charge in [-0.05, 0) is 38.5 Å². The third kappa shape index (κ3) is 7.46. The van der Waals surface area contributed by atoms with Gasteiger partial charge in [0.25, 0.3) is 0 Å². The van der Waals surface area contributed by atoms with Crippen molar-refractivity contribution < 1.29 is 13.9 Å². The van der Waals surface area contributed by atoms with E-state index in [2.05, 4.69) is 19.2 Å². The Kier molecular flexibility index (Phi) is 6.43. The van der Waals surface area contributed by atoms with E-state index >= 15 is 0 Å². The van der Waals surface area contributed by atoms with E-state index in [9.17, 15) is 4.39 Å². The topological polar surface area (TPSA) is 30.5 Å². The van der Waals surface area contributed by atoms with E-state index in [1.165, 1.54) is 12.1 Å². The molecule has 0 aromatic heterocycles. The Morgan fingerprint density at radius 1 is 1.15 bits per heavy atom. The van der Waals surface area contributed by atoms with Gasteiger partial charge in [0.15, 0.2) is 0 Å². The Bertz CT molecular complexity index is 413. The summed E-state index contributed by atoms with van der Waals surface area (Å²) in [5.41, 5.74) is 0.697. The fourth-order valence-corrected chi connectivity index (χ4v) is 1.64. The maximum atomic E-state index is 13.5. The molecule has 0 radical (unpaired) electrons. The molecule has 0 aliphatic carbocycles. The van der Waals surface area contributed by atoms with E-state index in [4.69, 9.17) is 9.47 Å². The predicted molar refractivity (Wildman–Crippen MR) is 79.6 cm³/mol. The average molecular weight is 283 g/mol. The quantitative estimate of drug-likeness (QED) is 0.777. The first kappa shape index (κ1) is 16.9. The first-order valence-corrected chi connectivity index (χ1v) is 7.06. The zero-order valence-electron chi connectivity index (χ0n) is 13.1. The molecule has 20 heavy (non-hydrogen) atoms. The molecule has 1 aromatic carbocycles. The Balaban J connectivity index is 2.49. The van der Waals surface area contributed by atoms with Gasteiger partial charge in [0.05, 0.1) is 12.2 Å². The fourth-order valence-electron chi connectivity index (χ4n) is 1.64. The maximum Gasteiger partial charge on any atom is 0.127 e. The lowest BCUT2D eigenvalue weighted by Gasteiger charge is -2.19. The van der Waals surface area contributed by atoms with Gasteiger partial charge in [-0.3, -0.25) is 0 Å². The number of hydrogen-bond acceptors (Lipinski definition) is 3. The van der Waals surface area contributed by atoms with Gasteiger partial charge >= 0.3 is 0 Å². The molecule has 0 aliphatic heterocycles. The van der Waals surface area contributed by atoms with Crippen LogP contribution in [0, 0.1) is 5.82 Å². The van der Waals surface area contributed by atoms with Gasteiger partial charge in [0.1, 0.15) is 18.2 Å². The number of nitrogens with one attached hydrogen (secondary N) is 1. The van der Waals surface area contributed by atoms with Crippen molar-refractivity contribution in [1.82, 2.24) is 5.32 Å². The van der Waals surface area contributed by atoms with Crippen LogP contribution in [0.1, 0.15) is 40.2 Å². The number of hydrogen-bond donors (Lipinski definition) is 1. The molecule has 0 saturated carbocycles. The molecule has 0 heterocycles. The summed E-state index contributed by atoms with van der Waals surface area (Å²) < 4.78 is 24.6. The van der Waals surface area contributed by atoms with Crippen molar-refractivity contribution in [3.8, 4) is 5.75 Å². The standard InChI is InChI=1S/C16H26FNO2/c1-12(2)18-11-13-8-14(17)10-15(9-13)19-6-7-20-16(3,4)5/h8-10,12,18H,6-7,11H2,1-5H3. The van der Waals surface area contributed by atoms with Gasteiger partial charge in [-0.25, -0.2) is 4.39 Å². The number of halogens is 1. The van der Waals surface area contributed by atoms with Crippen LogP contribution >= 0.6 is 0 Å². The molecule has 4 heteroatoms. The Labute approximate surface area is 121 Å². The van der Waals surface area contributed by atoms with Crippen LogP contribution in [0.5, 0.6) is 5.75 Å². The highest BCUT2D eigenvalue weighted by molar-refractivity contribution is 5.29. The van der Waals surface area contributed by atoms with Crippen LogP contribution < -0.4 is 10.1 Å². The van der Waals surface area contributed by atoms with E-state index in [1.54, 1.807) is 0 Å². The molecule has 0 unspecified atom stereocenters. The van der Waals surface area contributed by atoms with Crippen molar-refractivity contribution in [2.45, 2.75) is 52.8 Å². The van der Waals surface area contributed by atoms with Crippen LogP contribution in [-0.4, -0.2) is 24.9 Å². The molecule has 0 spiro atoms.